The smallest absolute Gasteiger partial charge is 0.123 e. The van der Waals surface area contributed by atoms with E-state index in [2.05, 4.69) is 52.3 Å². The Morgan fingerprint density at radius 2 is 1.52 bits per heavy atom. The van der Waals surface area contributed by atoms with Crippen molar-refractivity contribution in [1.82, 2.24) is 0 Å². The van der Waals surface area contributed by atoms with E-state index in [-0.39, 0.29) is 10.6 Å². The largest absolute Gasteiger partial charge is 0.207 e. The Balaban J connectivity index is 2.20. The van der Waals surface area contributed by atoms with Crippen molar-refractivity contribution in [1.29, 1.82) is 0 Å². The molecule has 3 rings (SSSR count). The molecular formula is C19H16BrF. The molecule has 0 spiro atoms. The molecule has 0 aliphatic heterocycles. The minimum atomic E-state index is -0.175. The SMILES string of the molecule is Cc1cc(F)cc(C)c1C(Br)c1cccc2ccccc12. The summed E-state index contributed by atoms with van der Waals surface area (Å²) < 4.78 is 13.5. The van der Waals surface area contributed by atoms with E-state index in [0.717, 1.165) is 16.7 Å². The Labute approximate surface area is 132 Å². The van der Waals surface area contributed by atoms with Crippen LogP contribution in [0, 0.1) is 19.7 Å². The molecule has 0 saturated carbocycles. The Kier molecular flexibility index (Phi) is 3.81. The first-order chi connectivity index (χ1) is 10.1. The maximum atomic E-state index is 13.5. The predicted molar refractivity (Wildman–Crippen MR) is 90.6 cm³/mol. The van der Waals surface area contributed by atoms with E-state index in [9.17, 15) is 4.39 Å². The highest BCUT2D eigenvalue weighted by atomic mass is 79.9. The fourth-order valence-corrected chi connectivity index (χ4v) is 4.07. The third-order valence-corrected chi connectivity index (χ3v) is 4.86. The summed E-state index contributed by atoms with van der Waals surface area (Å²) >= 11 is 3.82. The quantitative estimate of drug-likeness (QED) is 0.495. The number of benzene rings is 3. The van der Waals surface area contributed by atoms with Gasteiger partial charge in [-0.25, -0.2) is 4.39 Å². The Hall–Kier alpha value is -1.67. The number of hydrogen-bond acceptors (Lipinski definition) is 0. The summed E-state index contributed by atoms with van der Waals surface area (Å²) in [6, 6.07) is 17.9. The number of fused-ring (bicyclic) bond motifs is 1. The lowest BCUT2D eigenvalue weighted by molar-refractivity contribution is 0.624. The topological polar surface area (TPSA) is 0 Å². The van der Waals surface area contributed by atoms with Crippen LogP contribution in [0.4, 0.5) is 4.39 Å². The molecule has 2 heteroatoms. The predicted octanol–water partition coefficient (Wildman–Crippen LogP) is 6.08. The summed E-state index contributed by atoms with van der Waals surface area (Å²) in [5.74, 6) is -0.175. The molecule has 0 aliphatic carbocycles. The lowest BCUT2D eigenvalue weighted by Crippen LogP contribution is -2.01. The number of aryl methyl sites for hydroxylation is 2. The van der Waals surface area contributed by atoms with Crippen molar-refractivity contribution >= 4 is 26.7 Å². The minimum absolute atomic E-state index is 0.0594. The number of hydrogen-bond donors (Lipinski definition) is 0. The Bertz CT molecular complexity index is 779. The van der Waals surface area contributed by atoms with E-state index in [0.29, 0.717) is 0 Å². The molecule has 0 fully saturated rings. The van der Waals surface area contributed by atoms with E-state index in [1.165, 1.54) is 16.3 Å². The van der Waals surface area contributed by atoms with Crippen molar-refractivity contribution in [2.75, 3.05) is 0 Å². The monoisotopic (exact) mass is 342 g/mol. The van der Waals surface area contributed by atoms with E-state index in [1.54, 1.807) is 12.1 Å². The van der Waals surface area contributed by atoms with Crippen LogP contribution < -0.4 is 0 Å². The van der Waals surface area contributed by atoms with Crippen molar-refractivity contribution in [3.05, 3.63) is 82.7 Å². The lowest BCUT2D eigenvalue weighted by Gasteiger charge is -2.18. The third kappa shape index (κ3) is 2.60. The summed E-state index contributed by atoms with van der Waals surface area (Å²) in [4.78, 5) is 0.0594. The van der Waals surface area contributed by atoms with Gasteiger partial charge in [-0.15, -0.1) is 0 Å². The van der Waals surface area contributed by atoms with Crippen molar-refractivity contribution in [2.24, 2.45) is 0 Å². The second-order valence-corrected chi connectivity index (χ2v) is 6.30. The molecule has 0 amide bonds. The molecule has 0 heterocycles. The number of alkyl halides is 1. The fraction of sp³-hybridized carbons (Fsp3) is 0.158. The van der Waals surface area contributed by atoms with Gasteiger partial charge in [0.1, 0.15) is 5.82 Å². The van der Waals surface area contributed by atoms with Gasteiger partial charge < -0.3 is 0 Å². The Morgan fingerprint density at radius 1 is 0.905 bits per heavy atom. The molecule has 3 aromatic carbocycles. The Morgan fingerprint density at radius 3 is 2.24 bits per heavy atom. The molecule has 106 valence electrons. The highest BCUT2D eigenvalue weighted by molar-refractivity contribution is 9.09. The molecule has 3 aromatic rings. The lowest BCUT2D eigenvalue weighted by atomic mass is 9.93. The molecular weight excluding hydrogens is 327 g/mol. The van der Waals surface area contributed by atoms with E-state index in [1.807, 2.05) is 19.9 Å². The number of halogens is 2. The van der Waals surface area contributed by atoms with Gasteiger partial charge in [-0.3, -0.25) is 0 Å². The minimum Gasteiger partial charge on any atom is -0.207 e. The summed E-state index contributed by atoms with van der Waals surface area (Å²) in [5, 5.41) is 2.45. The number of rotatable bonds is 2. The molecule has 0 nitrogen and oxygen atoms in total. The first-order valence-electron chi connectivity index (χ1n) is 6.96. The summed E-state index contributed by atoms with van der Waals surface area (Å²) in [5.41, 5.74) is 4.31. The second kappa shape index (κ2) is 5.61. The zero-order valence-electron chi connectivity index (χ0n) is 12.0. The highest BCUT2D eigenvalue weighted by Crippen LogP contribution is 2.38. The zero-order valence-corrected chi connectivity index (χ0v) is 13.6. The van der Waals surface area contributed by atoms with Gasteiger partial charge in [-0.05, 0) is 59.0 Å². The van der Waals surface area contributed by atoms with Gasteiger partial charge >= 0.3 is 0 Å². The van der Waals surface area contributed by atoms with Crippen LogP contribution in [0.25, 0.3) is 10.8 Å². The van der Waals surface area contributed by atoms with Gasteiger partial charge in [-0.1, -0.05) is 58.4 Å². The van der Waals surface area contributed by atoms with Crippen LogP contribution in [-0.2, 0) is 0 Å². The van der Waals surface area contributed by atoms with Crippen LogP contribution in [0.2, 0.25) is 0 Å². The first-order valence-corrected chi connectivity index (χ1v) is 7.88. The molecule has 1 atom stereocenters. The molecule has 0 aromatic heterocycles. The van der Waals surface area contributed by atoms with Crippen LogP contribution in [0.5, 0.6) is 0 Å². The van der Waals surface area contributed by atoms with Gasteiger partial charge in [-0.2, -0.15) is 0 Å². The van der Waals surface area contributed by atoms with Crippen molar-refractivity contribution in [3.8, 4) is 0 Å². The van der Waals surface area contributed by atoms with Crippen molar-refractivity contribution < 1.29 is 4.39 Å². The van der Waals surface area contributed by atoms with Gasteiger partial charge in [0.05, 0.1) is 4.83 Å². The molecule has 0 N–H and O–H groups in total. The van der Waals surface area contributed by atoms with Crippen LogP contribution in [-0.4, -0.2) is 0 Å². The van der Waals surface area contributed by atoms with Gasteiger partial charge in [0, 0.05) is 0 Å². The van der Waals surface area contributed by atoms with Gasteiger partial charge in [0.2, 0.25) is 0 Å². The maximum Gasteiger partial charge on any atom is 0.123 e. The average Bonchev–Trinajstić information content (AvgIpc) is 2.45. The van der Waals surface area contributed by atoms with Gasteiger partial charge in [0.15, 0.2) is 0 Å². The maximum absolute atomic E-state index is 13.5. The van der Waals surface area contributed by atoms with Crippen molar-refractivity contribution in [2.45, 2.75) is 18.7 Å². The van der Waals surface area contributed by atoms with Crippen LogP contribution in [0.1, 0.15) is 27.1 Å². The van der Waals surface area contributed by atoms with Crippen LogP contribution in [0.15, 0.2) is 54.6 Å². The van der Waals surface area contributed by atoms with E-state index >= 15 is 0 Å². The highest BCUT2D eigenvalue weighted by Gasteiger charge is 2.18. The molecule has 21 heavy (non-hydrogen) atoms. The normalized spacial score (nSPS) is 12.6. The van der Waals surface area contributed by atoms with Gasteiger partial charge in [0.25, 0.3) is 0 Å². The summed E-state index contributed by atoms with van der Waals surface area (Å²) in [6.45, 7) is 3.93. The molecule has 0 aliphatic rings. The third-order valence-electron chi connectivity index (χ3n) is 3.91. The standard InChI is InChI=1S/C19H16BrF/c1-12-10-15(21)11-13(2)18(12)19(20)17-9-5-7-14-6-3-4-8-16(14)17/h3-11,19H,1-2H3. The molecule has 0 radical (unpaired) electrons. The summed E-state index contributed by atoms with van der Waals surface area (Å²) in [7, 11) is 0. The van der Waals surface area contributed by atoms with Crippen molar-refractivity contribution in [3.63, 3.8) is 0 Å². The molecule has 1 unspecified atom stereocenters. The average molecular weight is 343 g/mol. The van der Waals surface area contributed by atoms with Crippen LogP contribution in [0.3, 0.4) is 0 Å². The van der Waals surface area contributed by atoms with E-state index < -0.39 is 0 Å². The molecule has 0 saturated heterocycles. The second-order valence-electron chi connectivity index (χ2n) is 5.38. The summed E-state index contributed by atoms with van der Waals surface area (Å²) in [6.07, 6.45) is 0. The zero-order chi connectivity index (χ0) is 15.0. The van der Waals surface area contributed by atoms with E-state index in [4.69, 9.17) is 0 Å². The fourth-order valence-electron chi connectivity index (χ4n) is 2.95. The van der Waals surface area contributed by atoms with Crippen LogP contribution >= 0.6 is 15.9 Å². The first kappa shape index (κ1) is 14.3. The molecule has 0 bridgehead atoms.